The Labute approximate surface area is 185 Å². The lowest BCUT2D eigenvalue weighted by Crippen LogP contribution is -2.33. The van der Waals surface area contributed by atoms with Crippen molar-refractivity contribution in [3.8, 4) is 11.5 Å². The minimum atomic E-state index is -0.551. The summed E-state index contributed by atoms with van der Waals surface area (Å²) in [5, 5.41) is 26.6. The number of rotatable bonds is 8. The molecule has 8 nitrogen and oxygen atoms in total. The maximum absolute atomic E-state index is 12.3. The molecule has 0 saturated carbocycles. The Morgan fingerprint density at radius 3 is 1.48 bits per heavy atom. The van der Waals surface area contributed by atoms with Crippen LogP contribution in [0, 0.1) is 0 Å². The SMILES string of the molecule is C/C(=N\NC(=O)C(C)SC(C)C(=O)N/N=C(\C)c1ccccc1O)c1ccccc1O. The van der Waals surface area contributed by atoms with E-state index in [9.17, 15) is 19.8 Å². The van der Waals surface area contributed by atoms with E-state index in [1.165, 1.54) is 12.1 Å². The number of phenolic OH excluding ortho intramolecular Hbond substituents is 2. The van der Waals surface area contributed by atoms with Gasteiger partial charge in [-0.2, -0.15) is 10.2 Å². The van der Waals surface area contributed by atoms with Gasteiger partial charge in [0.25, 0.3) is 11.8 Å². The van der Waals surface area contributed by atoms with E-state index in [-0.39, 0.29) is 23.3 Å². The minimum absolute atomic E-state index is 0.0744. The van der Waals surface area contributed by atoms with Crippen LogP contribution in [0.25, 0.3) is 0 Å². The highest BCUT2D eigenvalue weighted by atomic mass is 32.2. The first-order chi connectivity index (χ1) is 14.7. The number of hydrazone groups is 2. The van der Waals surface area contributed by atoms with Crippen molar-refractivity contribution in [1.82, 2.24) is 10.9 Å². The smallest absolute Gasteiger partial charge is 0.252 e. The highest BCUT2D eigenvalue weighted by Crippen LogP contribution is 2.19. The first kappa shape index (κ1) is 23.9. The van der Waals surface area contributed by atoms with Crippen LogP contribution in [0.3, 0.4) is 0 Å². The normalized spacial score (nSPS) is 13.9. The van der Waals surface area contributed by atoms with Crippen LogP contribution in [0.1, 0.15) is 38.8 Å². The monoisotopic (exact) mass is 442 g/mol. The standard InChI is InChI=1S/C22H26N4O4S/c1-13(17-9-5-7-11-19(17)27)23-25-21(29)15(3)31-16(4)22(30)26-24-14(2)18-10-6-8-12-20(18)28/h5-12,15-16,27-28H,1-4H3,(H,25,29)(H,26,30)/b23-13+,24-14+. The number of hydrogen-bond acceptors (Lipinski definition) is 7. The number of nitrogens with zero attached hydrogens (tertiary/aromatic N) is 2. The topological polar surface area (TPSA) is 123 Å². The number of amides is 2. The molecule has 0 bridgehead atoms. The van der Waals surface area contributed by atoms with Gasteiger partial charge in [-0.3, -0.25) is 9.59 Å². The molecule has 0 fully saturated rings. The number of phenols is 2. The summed E-state index contributed by atoms with van der Waals surface area (Å²) in [5.41, 5.74) is 6.89. The van der Waals surface area contributed by atoms with Gasteiger partial charge in [0.15, 0.2) is 0 Å². The van der Waals surface area contributed by atoms with Crippen LogP contribution in [-0.2, 0) is 9.59 Å². The Kier molecular flexibility index (Phi) is 8.63. The second-order valence-electron chi connectivity index (χ2n) is 6.80. The molecule has 9 heteroatoms. The Morgan fingerprint density at radius 2 is 1.13 bits per heavy atom. The number of nitrogens with one attached hydrogen (secondary N) is 2. The quantitative estimate of drug-likeness (QED) is 0.370. The molecule has 2 unspecified atom stereocenters. The first-order valence-electron chi connectivity index (χ1n) is 9.61. The molecule has 0 spiro atoms. The van der Waals surface area contributed by atoms with E-state index in [0.29, 0.717) is 22.6 Å². The second kappa shape index (κ2) is 11.2. The summed E-state index contributed by atoms with van der Waals surface area (Å²) in [7, 11) is 0. The fourth-order valence-electron chi connectivity index (χ4n) is 2.57. The van der Waals surface area contributed by atoms with Crippen LogP contribution in [-0.4, -0.2) is 44.0 Å². The average Bonchev–Trinajstić information content (AvgIpc) is 2.75. The molecule has 0 aromatic heterocycles. The Hall–Kier alpha value is -3.33. The van der Waals surface area contributed by atoms with Gasteiger partial charge in [-0.25, -0.2) is 10.9 Å². The predicted octanol–water partition coefficient (Wildman–Crippen LogP) is 2.99. The number of hydrogen-bond donors (Lipinski definition) is 4. The molecule has 0 saturated heterocycles. The Bertz CT molecular complexity index is 927. The third kappa shape index (κ3) is 6.85. The molecule has 0 heterocycles. The highest BCUT2D eigenvalue weighted by molar-refractivity contribution is 8.01. The van der Waals surface area contributed by atoms with Gasteiger partial charge in [0.1, 0.15) is 11.5 Å². The zero-order valence-electron chi connectivity index (χ0n) is 17.8. The van der Waals surface area contributed by atoms with Gasteiger partial charge in [-0.05, 0) is 52.0 Å². The van der Waals surface area contributed by atoms with Crippen molar-refractivity contribution in [3.63, 3.8) is 0 Å². The number of benzene rings is 2. The number of carbonyl (C=O) groups excluding carboxylic acids is 2. The lowest BCUT2D eigenvalue weighted by atomic mass is 10.1. The van der Waals surface area contributed by atoms with Gasteiger partial charge in [-0.15, -0.1) is 11.8 Å². The molecule has 2 amide bonds. The second-order valence-corrected chi connectivity index (χ2v) is 8.49. The molecule has 31 heavy (non-hydrogen) atoms. The van der Waals surface area contributed by atoms with Gasteiger partial charge in [-0.1, -0.05) is 24.3 Å². The summed E-state index contributed by atoms with van der Waals surface area (Å²) in [6, 6.07) is 13.4. The molecule has 4 N–H and O–H groups in total. The third-order valence-corrected chi connectivity index (χ3v) is 5.65. The van der Waals surface area contributed by atoms with Crippen LogP contribution >= 0.6 is 11.8 Å². The van der Waals surface area contributed by atoms with Gasteiger partial charge < -0.3 is 10.2 Å². The number of thioether (sulfide) groups is 1. The van der Waals surface area contributed by atoms with E-state index in [0.717, 1.165) is 11.8 Å². The molecule has 0 aliphatic rings. The van der Waals surface area contributed by atoms with Gasteiger partial charge >= 0.3 is 0 Å². The van der Waals surface area contributed by atoms with E-state index in [1.54, 1.807) is 64.1 Å². The van der Waals surface area contributed by atoms with Crippen molar-refractivity contribution in [2.24, 2.45) is 10.2 Å². The van der Waals surface area contributed by atoms with E-state index in [1.807, 2.05) is 0 Å². The summed E-state index contributed by atoms with van der Waals surface area (Å²) < 4.78 is 0. The van der Waals surface area contributed by atoms with Crippen LogP contribution < -0.4 is 10.9 Å². The number of aromatic hydroxyl groups is 2. The molecular formula is C22H26N4O4S. The average molecular weight is 443 g/mol. The lowest BCUT2D eigenvalue weighted by molar-refractivity contribution is -0.120. The molecule has 0 aliphatic carbocycles. The van der Waals surface area contributed by atoms with Crippen molar-refractivity contribution in [3.05, 3.63) is 59.7 Å². The van der Waals surface area contributed by atoms with Gasteiger partial charge in [0.05, 0.1) is 21.9 Å². The van der Waals surface area contributed by atoms with E-state index < -0.39 is 10.5 Å². The first-order valence-corrected chi connectivity index (χ1v) is 10.6. The number of carbonyl (C=O) groups is 2. The Morgan fingerprint density at radius 1 is 0.774 bits per heavy atom. The fourth-order valence-corrected chi connectivity index (χ4v) is 3.53. The molecule has 2 rings (SSSR count). The third-order valence-electron chi connectivity index (χ3n) is 4.40. The lowest BCUT2D eigenvalue weighted by Gasteiger charge is -2.15. The van der Waals surface area contributed by atoms with Gasteiger partial charge in [0, 0.05) is 11.1 Å². The highest BCUT2D eigenvalue weighted by Gasteiger charge is 2.21. The van der Waals surface area contributed by atoms with Crippen molar-refractivity contribution >= 4 is 35.0 Å². The summed E-state index contributed by atoms with van der Waals surface area (Å²) in [6.45, 7) is 6.69. The predicted molar refractivity (Wildman–Crippen MR) is 123 cm³/mol. The molecule has 2 atom stereocenters. The molecular weight excluding hydrogens is 416 g/mol. The fraction of sp³-hybridized carbons (Fsp3) is 0.273. The van der Waals surface area contributed by atoms with Crippen LogP contribution in [0.2, 0.25) is 0 Å². The summed E-state index contributed by atoms with van der Waals surface area (Å²) >= 11 is 1.16. The summed E-state index contributed by atoms with van der Waals surface area (Å²) in [6.07, 6.45) is 0. The zero-order valence-corrected chi connectivity index (χ0v) is 18.6. The molecule has 164 valence electrons. The maximum atomic E-state index is 12.3. The molecule has 2 aromatic carbocycles. The number of para-hydroxylation sites is 2. The van der Waals surface area contributed by atoms with Crippen LogP contribution in [0.5, 0.6) is 11.5 Å². The zero-order chi connectivity index (χ0) is 23.0. The van der Waals surface area contributed by atoms with E-state index in [2.05, 4.69) is 21.1 Å². The molecule has 0 radical (unpaired) electrons. The molecule has 0 aliphatic heterocycles. The van der Waals surface area contributed by atoms with Crippen molar-refractivity contribution < 1.29 is 19.8 Å². The van der Waals surface area contributed by atoms with Gasteiger partial charge in [0.2, 0.25) is 0 Å². The van der Waals surface area contributed by atoms with Crippen molar-refractivity contribution in [2.45, 2.75) is 38.2 Å². The van der Waals surface area contributed by atoms with E-state index in [4.69, 9.17) is 0 Å². The minimum Gasteiger partial charge on any atom is -0.507 e. The molecule has 2 aromatic rings. The van der Waals surface area contributed by atoms with Crippen LogP contribution in [0.4, 0.5) is 0 Å². The van der Waals surface area contributed by atoms with Crippen molar-refractivity contribution in [2.75, 3.05) is 0 Å². The van der Waals surface area contributed by atoms with E-state index >= 15 is 0 Å². The summed E-state index contributed by atoms with van der Waals surface area (Å²) in [5.74, 6) is -0.586. The van der Waals surface area contributed by atoms with Crippen molar-refractivity contribution in [1.29, 1.82) is 0 Å². The maximum Gasteiger partial charge on any atom is 0.252 e. The largest absolute Gasteiger partial charge is 0.507 e. The Balaban J connectivity index is 1.90. The summed E-state index contributed by atoms with van der Waals surface area (Å²) in [4.78, 5) is 24.6. The van der Waals surface area contributed by atoms with Crippen LogP contribution in [0.15, 0.2) is 58.7 Å².